The number of primary amides is 1. The van der Waals surface area contributed by atoms with Crippen LogP contribution in [0.4, 0.5) is 10.1 Å². The SMILES string of the molecule is Cl.NC(=O)c1ccc(S(=O)(=O)Nc2ccccc2Oc2ccc(F)cc2Cl)c(CCCCC2CCNCC2)c1. The maximum absolute atomic E-state index is 13.5. The Morgan fingerprint density at radius 3 is 2.51 bits per heavy atom. The monoisotopic (exact) mass is 595 g/mol. The van der Waals surface area contributed by atoms with E-state index in [0.717, 1.165) is 51.3 Å². The number of amides is 1. The van der Waals surface area contributed by atoms with Crippen molar-refractivity contribution in [3.63, 3.8) is 0 Å². The number of aryl methyl sites for hydroxylation is 1. The number of ether oxygens (including phenoxy) is 1. The number of hydrogen-bond acceptors (Lipinski definition) is 5. The molecular weight excluding hydrogens is 564 g/mol. The minimum absolute atomic E-state index is 0. The quantitative estimate of drug-likeness (QED) is 0.225. The molecule has 0 atom stereocenters. The number of rotatable bonds is 11. The van der Waals surface area contributed by atoms with Crippen molar-refractivity contribution in [2.75, 3.05) is 17.8 Å². The van der Waals surface area contributed by atoms with Gasteiger partial charge in [-0.05, 0) is 98.8 Å². The van der Waals surface area contributed by atoms with E-state index in [1.807, 2.05) is 0 Å². The number of piperidine rings is 1. The zero-order valence-corrected chi connectivity index (χ0v) is 23.7. The van der Waals surface area contributed by atoms with Crippen molar-refractivity contribution >= 4 is 45.6 Å². The lowest BCUT2D eigenvalue weighted by molar-refractivity contribution is 0.1000. The van der Waals surface area contributed by atoms with Crippen LogP contribution < -0.4 is 20.5 Å². The minimum Gasteiger partial charge on any atom is -0.454 e. The molecule has 4 N–H and O–H groups in total. The number of carbonyl (C=O) groups is 1. The molecule has 1 saturated heterocycles. The highest BCUT2D eigenvalue weighted by molar-refractivity contribution is 7.92. The molecule has 0 radical (unpaired) electrons. The number of hydrogen-bond donors (Lipinski definition) is 3. The van der Waals surface area contributed by atoms with Crippen LogP contribution in [0.5, 0.6) is 11.5 Å². The molecule has 0 saturated carbocycles. The normalized spacial score (nSPS) is 13.9. The molecule has 1 fully saturated rings. The second-order valence-electron chi connectivity index (χ2n) is 9.40. The molecule has 0 bridgehead atoms. The molecule has 1 heterocycles. The van der Waals surface area contributed by atoms with Gasteiger partial charge in [-0.2, -0.15) is 0 Å². The lowest BCUT2D eigenvalue weighted by Gasteiger charge is -2.22. The van der Waals surface area contributed by atoms with Crippen LogP contribution in [-0.4, -0.2) is 27.4 Å². The molecule has 11 heteroatoms. The van der Waals surface area contributed by atoms with Crippen molar-refractivity contribution in [2.24, 2.45) is 11.7 Å². The highest BCUT2D eigenvalue weighted by Gasteiger charge is 2.22. The molecule has 210 valence electrons. The molecular formula is C28H32Cl2FN3O4S. The first kappa shape index (κ1) is 30.7. The number of sulfonamides is 1. The van der Waals surface area contributed by atoms with Crippen LogP contribution in [0.3, 0.4) is 0 Å². The summed E-state index contributed by atoms with van der Waals surface area (Å²) in [5.74, 6) is -0.0715. The largest absolute Gasteiger partial charge is 0.454 e. The van der Waals surface area contributed by atoms with E-state index in [2.05, 4.69) is 10.0 Å². The molecule has 0 aliphatic carbocycles. The van der Waals surface area contributed by atoms with Crippen molar-refractivity contribution in [1.82, 2.24) is 5.32 Å². The number of halogens is 3. The zero-order valence-electron chi connectivity index (χ0n) is 21.3. The molecule has 0 spiro atoms. The van der Waals surface area contributed by atoms with Crippen molar-refractivity contribution in [3.05, 3.63) is 82.6 Å². The molecule has 1 amide bonds. The third-order valence-corrected chi connectivity index (χ3v) is 8.41. The van der Waals surface area contributed by atoms with E-state index in [-0.39, 0.29) is 45.1 Å². The summed E-state index contributed by atoms with van der Waals surface area (Å²) in [5, 5.41) is 3.42. The topological polar surface area (TPSA) is 111 Å². The summed E-state index contributed by atoms with van der Waals surface area (Å²) < 4.78 is 48.9. The Balaban J connectivity index is 0.00000420. The van der Waals surface area contributed by atoms with Crippen molar-refractivity contribution in [2.45, 2.75) is 43.4 Å². The summed E-state index contributed by atoms with van der Waals surface area (Å²) >= 11 is 6.09. The van der Waals surface area contributed by atoms with Gasteiger partial charge in [0, 0.05) is 5.56 Å². The first-order valence-electron chi connectivity index (χ1n) is 12.6. The van der Waals surface area contributed by atoms with Gasteiger partial charge in [0.25, 0.3) is 10.0 Å². The van der Waals surface area contributed by atoms with E-state index < -0.39 is 21.7 Å². The standard InChI is InChI=1S/C28H31ClFN3O4S.ClH/c29-23-18-22(30)10-11-25(23)37-26-8-4-3-7-24(26)33-38(35,36)27-12-9-21(28(31)34)17-20(27)6-2-1-5-19-13-15-32-16-14-19;/h3-4,7-12,17-19,32-33H,1-2,5-6,13-16H2,(H2,31,34);1H. The Morgan fingerprint density at radius 1 is 1.05 bits per heavy atom. The highest BCUT2D eigenvalue weighted by atomic mass is 35.5. The Labute approximate surface area is 239 Å². The smallest absolute Gasteiger partial charge is 0.262 e. The maximum atomic E-state index is 13.5. The molecule has 3 aromatic rings. The third-order valence-electron chi connectivity index (χ3n) is 6.65. The van der Waals surface area contributed by atoms with Gasteiger partial charge >= 0.3 is 0 Å². The predicted octanol–water partition coefficient (Wildman–Crippen LogP) is 6.31. The maximum Gasteiger partial charge on any atom is 0.262 e. The lowest BCUT2D eigenvalue weighted by Crippen LogP contribution is -2.27. The van der Waals surface area contributed by atoms with Gasteiger partial charge in [0.1, 0.15) is 11.6 Å². The number of anilines is 1. The van der Waals surface area contributed by atoms with Crippen molar-refractivity contribution < 1.29 is 22.3 Å². The summed E-state index contributed by atoms with van der Waals surface area (Å²) in [6, 6.07) is 14.5. The van der Waals surface area contributed by atoms with E-state index in [0.29, 0.717) is 17.9 Å². The zero-order chi connectivity index (χ0) is 27.1. The Kier molecular flexibility index (Phi) is 11.0. The number of nitrogens with two attached hydrogens (primary N) is 1. The van der Waals surface area contributed by atoms with Gasteiger partial charge in [-0.3, -0.25) is 9.52 Å². The molecule has 0 aromatic heterocycles. The first-order valence-corrected chi connectivity index (χ1v) is 14.5. The number of carbonyl (C=O) groups excluding carboxylic acids is 1. The Bertz CT molecular complexity index is 1400. The molecule has 1 aliphatic heterocycles. The summed E-state index contributed by atoms with van der Waals surface area (Å²) in [7, 11) is -4.06. The fourth-order valence-electron chi connectivity index (χ4n) is 4.63. The molecule has 3 aromatic carbocycles. The Morgan fingerprint density at radius 2 is 1.79 bits per heavy atom. The summed E-state index contributed by atoms with van der Waals surface area (Å²) in [6.45, 7) is 2.08. The van der Waals surface area contributed by atoms with Gasteiger partial charge < -0.3 is 15.8 Å². The van der Waals surface area contributed by atoms with E-state index in [4.69, 9.17) is 22.1 Å². The van der Waals surface area contributed by atoms with Crippen LogP contribution in [-0.2, 0) is 16.4 Å². The van der Waals surface area contributed by atoms with Gasteiger partial charge in [-0.1, -0.05) is 36.6 Å². The summed E-state index contributed by atoms with van der Waals surface area (Å²) in [6.07, 6.45) is 5.65. The van der Waals surface area contributed by atoms with Gasteiger partial charge in [0.2, 0.25) is 5.91 Å². The molecule has 0 unspecified atom stereocenters. The van der Waals surface area contributed by atoms with Gasteiger partial charge in [-0.15, -0.1) is 12.4 Å². The van der Waals surface area contributed by atoms with E-state index >= 15 is 0 Å². The van der Waals surface area contributed by atoms with Crippen LogP contribution in [0, 0.1) is 11.7 Å². The van der Waals surface area contributed by atoms with Crippen LogP contribution in [0.1, 0.15) is 48.0 Å². The van der Waals surface area contributed by atoms with Crippen molar-refractivity contribution in [1.29, 1.82) is 0 Å². The average molecular weight is 597 g/mol. The second kappa shape index (κ2) is 14.0. The number of para-hydroxylation sites is 2. The van der Waals surface area contributed by atoms with E-state index in [9.17, 15) is 17.6 Å². The van der Waals surface area contributed by atoms with Crippen LogP contribution in [0.25, 0.3) is 0 Å². The first-order chi connectivity index (χ1) is 18.2. The predicted molar refractivity (Wildman–Crippen MR) is 154 cm³/mol. The van der Waals surface area contributed by atoms with E-state index in [1.54, 1.807) is 30.3 Å². The van der Waals surface area contributed by atoms with E-state index in [1.165, 1.54) is 24.3 Å². The highest BCUT2D eigenvalue weighted by Crippen LogP contribution is 2.35. The van der Waals surface area contributed by atoms with Crippen LogP contribution in [0.15, 0.2) is 65.6 Å². The fourth-order valence-corrected chi connectivity index (χ4v) is 6.15. The lowest BCUT2D eigenvalue weighted by atomic mass is 9.91. The number of unbranched alkanes of at least 4 members (excludes halogenated alkanes) is 1. The number of nitrogens with one attached hydrogen (secondary N) is 2. The van der Waals surface area contributed by atoms with Crippen LogP contribution >= 0.6 is 24.0 Å². The van der Waals surface area contributed by atoms with Gasteiger partial charge in [0.05, 0.1) is 15.6 Å². The second-order valence-corrected chi connectivity index (χ2v) is 11.5. The minimum atomic E-state index is -4.06. The summed E-state index contributed by atoms with van der Waals surface area (Å²) in [5.41, 5.74) is 6.44. The molecule has 7 nitrogen and oxygen atoms in total. The summed E-state index contributed by atoms with van der Waals surface area (Å²) in [4.78, 5) is 11.9. The van der Waals surface area contributed by atoms with Crippen LogP contribution in [0.2, 0.25) is 5.02 Å². The molecule has 4 rings (SSSR count). The average Bonchev–Trinajstić information content (AvgIpc) is 2.89. The van der Waals surface area contributed by atoms with Gasteiger partial charge in [-0.25, -0.2) is 12.8 Å². The number of benzene rings is 3. The fraction of sp³-hybridized carbons (Fsp3) is 0.321. The third kappa shape index (κ3) is 8.32. The Hall–Kier alpha value is -2.85. The molecule has 1 aliphatic rings. The van der Waals surface area contributed by atoms with Gasteiger partial charge in [0.15, 0.2) is 5.75 Å². The molecule has 39 heavy (non-hydrogen) atoms. The van der Waals surface area contributed by atoms with Crippen molar-refractivity contribution in [3.8, 4) is 11.5 Å².